The van der Waals surface area contributed by atoms with Crippen molar-refractivity contribution in [2.75, 3.05) is 9.80 Å². The van der Waals surface area contributed by atoms with E-state index in [2.05, 4.69) is 492 Å². The molecule has 20 aromatic carbocycles. The fraction of sp³-hybridized carbons (Fsp3) is 0. The molecule has 0 radical (unpaired) electrons. The minimum Gasteiger partial charge on any atom is -0.315 e. The molecule has 578 valence electrons. The summed E-state index contributed by atoms with van der Waals surface area (Å²) in [6.45, 7) is 0. The molecule has 4 aromatic heterocycles. The Balaban J connectivity index is 0.563. The van der Waals surface area contributed by atoms with Crippen LogP contribution < -0.4 is 9.80 Å². The Labute approximate surface area is 718 Å². The van der Waals surface area contributed by atoms with Gasteiger partial charge in [-0.1, -0.05) is 346 Å². The third-order valence-corrected chi connectivity index (χ3v) is 25.7. The van der Waals surface area contributed by atoms with Crippen LogP contribution in [-0.2, 0) is 0 Å². The highest BCUT2D eigenvalue weighted by Gasteiger charge is 2.25. The molecule has 0 bridgehead atoms. The Morgan fingerprint density at radius 3 is 0.895 bits per heavy atom. The Morgan fingerprint density at radius 1 is 0.153 bits per heavy atom. The second kappa shape index (κ2) is 29.8. The first-order valence-corrected chi connectivity index (χ1v) is 42.7. The molecule has 0 spiro atoms. The van der Waals surface area contributed by atoms with E-state index in [0.717, 1.165) is 78.6 Å². The Bertz CT molecular complexity index is 8150. The van der Waals surface area contributed by atoms with Gasteiger partial charge < -0.3 is 18.6 Å². The fourth-order valence-corrected chi connectivity index (χ4v) is 19.8. The third-order valence-electron chi connectivity index (χ3n) is 25.7. The van der Waals surface area contributed by atoms with E-state index in [1.165, 1.54) is 153 Å². The van der Waals surface area contributed by atoms with Crippen LogP contribution >= 0.6 is 0 Å². The molecule has 0 unspecified atom stereocenters. The molecule has 0 atom stereocenters. The molecule has 4 nitrogen and oxygen atoms in total. The van der Waals surface area contributed by atoms with Gasteiger partial charge in [-0.15, -0.1) is 0 Å². The van der Waals surface area contributed by atoms with E-state index in [1.807, 2.05) is 0 Å². The predicted molar refractivity (Wildman–Crippen MR) is 527 cm³/mol. The molecule has 0 aliphatic rings. The van der Waals surface area contributed by atoms with E-state index >= 15 is 0 Å². The van der Waals surface area contributed by atoms with Crippen LogP contribution in [0.25, 0.3) is 198 Å². The number of fused-ring (bicyclic) bond motifs is 18. The van der Waals surface area contributed by atoms with Crippen molar-refractivity contribution in [2.24, 2.45) is 0 Å². The summed E-state index contributed by atoms with van der Waals surface area (Å²) in [7, 11) is 0. The van der Waals surface area contributed by atoms with Gasteiger partial charge in [0.2, 0.25) is 0 Å². The van der Waals surface area contributed by atoms with E-state index in [-0.39, 0.29) is 0 Å². The van der Waals surface area contributed by atoms with Crippen molar-refractivity contribution in [2.45, 2.75) is 0 Å². The molecule has 0 aliphatic carbocycles. The number of nitrogens with zero attached hydrogens (tertiary/aromatic N) is 4. The zero-order valence-electron chi connectivity index (χ0n) is 67.8. The summed E-state index contributed by atoms with van der Waals surface area (Å²) in [5.41, 5.74) is 32.5. The molecule has 124 heavy (non-hydrogen) atoms. The summed E-state index contributed by atoms with van der Waals surface area (Å²) >= 11 is 0. The minimum absolute atomic E-state index is 1.06. The van der Waals surface area contributed by atoms with Gasteiger partial charge in [0, 0.05) is 79.2 Å². The quantitative estimate of drug-likeness (QED) is 0.0951. The van der Waals surface area contributed by atoms with Crippen LogP contribution in [0.3, 0.4) is 0 Å². The van der Waals surface area contributed by atoms with Crippen molar-refractivity contribution in [3.63, 3.8) is 0 Å². The van der Waals surface area contributed by atoms with Gasteiger partial charge >= 0.3 is 0 Å². The molecule has 0 saturated heterocycles. The topological polar surface area (TPSA) is 15.3 Å². The summed E-state index contributed by atoms with van der Waals surface area (Å²) in [5, 5.41) is 17.3. The van der Waals surface area contributed by atoms with Crippen molar-refractivity contribution in [1.82, 2.24) is 8.80 Å². The molecule has 0 aliphatic heterocycles. The maximum Gasteiger partial charge on any atom is 0.0620 e. The van der Waals surface area contributed by atoms with Crippen LogP contribution in [-0.4, -0.2) is 8.80 Å². The fourth-order valence-electron chi connectivity index (χ4n) is 19.8. The number of benzene rings is 20. The first-order chi connectivity index (χ1) is 61.5. The van der Waals surface area contributed by atoms with Gasteiger partial charge in [0.25, 0.3) is 0 Å². The number of anilines is 6. The summed E-state index contributed by atoms with van der Waals surface area (Å²) in [4.78, 5) is 4.77. The average Bonchev–Trinajstić information content (AvgIpc) is 1.54. The van der Waals surface area contributed by atoms with Gasteiger partial charge in [-0.2, -0.15) is 0 Å². The SMILES string of the molecule is c1ccc(-c2ccc(N(c3ccc(-c4cccc(-c5ccn6c(c5)c(-c5ccccc5)c5c7ccccc7c7cc(-c8ccc(N(c9ccc(-c%10cccc%11ccccc%10%11)cc9)c9ccc(-c%10cccc%11ccccc%10%11)cc9)cc8)ccc7c56)c4)cc3)c3ccc(-c4ccc5c(c4)c4ccccc4c4c(-c6ccccc6)c6ccccn6c54)cc3)cc2)cc1. The summed E-state index contributed by atoms with van der Waals surface area (Å²) in [6.07, 6.45) is 4.53. The maximum atomic E-state index is 2.45. The zero-order chi connectivity index (χ0) is 81.7. The highest BCUT2D eigenvalue weighted by Crippen LogP contribution is 2.50. The van der Waals surface area contributed by atoms with Gasteiger partial charge in [0.1, 0.15) is 0 Å². The Hall–Kier alpha value is -16.4. The number of hydrogen-bond donors (Lipinski definition) is 0. The minimum atomic E-state index is 1.06. The zero-order valence-corrected chi connectivity index (χ0v) is 67.8. The first kappa shape index (κ1) is 71.7. The van der Waals surface area contributed by atoms with Crippen LogP contribution in [0.2, 0.25) is 0 Å². The lowest BCUT2D eigenvalue weighted by Gasteiger charge is -2.26. The third kappa shape index (κ3) is 12.2. The number of rotatable bonds is 15. The highest BCUT2D eigenvalue weighted by molar-refractivity contribution is 6.32. The molecule has 0 N–H and O–H groups in total. The average molecular weight is 1580 g/mol. The van der Waals surface area contributed by atoms with E-state index in [1.54, 1.807) is 0 Å². The maximum absolute atomic E-state index is 2.45. The van der Waals surface area contributed by atoms with Crippen molar-refractivity contribution < 1.29 is 0 Å². The van der Waals surface area contributed by atoms with Crippen LogP contribution in [0.5, 0.6) is 0 Å². The van der Waals surface area contributed by atoms with Crippen LogP contribution in [0.15, 0.2) is 473 Å². The van der Waals surface area contributed by atoms with Crippen molar-refractivity contribution >= 4 is 132 Å². The van der Waals surface area contributed by atoms with Crippen molar-refractivity contribution in [1.29, 1.82) is 0 Å². The van der Waals surface area contributed by atoms with Gasteiger partial charge in [-0.05, 0) is 258 Å². The lowest BCUT2D eigenvalue weighted by Crippen LogP contribution is -2.09. The van der Waals surface area contributed by atoms with Crippen LogP contribution in [0, 0.1) is 0 Å². The summed E-state index contributed by atoms with van der Waals surface area (Å²) in [6, 6.07) is 170. The lowest BCUT2D eigenvalue weighted by atomic mass is 9.92. The number of pyridine rings is 2. The van der Waals surface area contributed by atoms with Gasteiger partial charge in [-0.3, -0.25) is 0 Å². The molecule has 4 heterocycles. The second-order valence-electron chi connectivity index (χ2n) is 32.6. The molecular weight excluding hydrogens is 1500 g/mol. The largest absolute Gasteiger partial charge is 0.315 e. The molecule has 0 amide bonds. The summed E-state index contributed by atoms with van der Waals surface area (Å²) in [5.74, 6) is 0. The number of hydrogen-bond acceptors (Lipinski definition) is 2. The smallest absolute Gasteiger partial charge is 0.0620 e. The standard InChI is InChI=1S/C120H78N4/c1-4-23-79(24-5-1)80-44-58-95(59-45-80)123(97-62-48-82(49-63-97)92-56-70-109-111(76-92)105-37-14-16-39-107(105)117-115(88-27-6-2-7-28-88)113-43-18-19-73-121(113)119(109)117)96-60-46-81(47-61-96)90-33-20-34-91(75-90)94-72-74-122-114(78-94)116(89-29-8-3-9-30-89)118-108-40-17-15-38-106(108)112-77-93(57-71-110(112)120(118)122)83-50-64-98(65-51-83)124(99-66-52-86(53-67-99)103-41-21-31-84-25-10-12-35-101(84)103)100-68-54-87(55-69-100)104-42-22-32-85-26-11-13-36-102(85)104/h1-78H. The Morgan fingerprint density at radius 2 is 0.452 bits per heavy atom. The predicted octanol–water partition coefficient (Wildman–Crippen LogP) is 33.4. The van der Waals surface area contributed by atoms with Gasteiger partial charge in [0.15, 0.2) is 0 Å². The molecule has 0 fully saturated rings. The Kier molecular flexibility index (Phi) is 17.2. The van der Waals surface area contributed by atoms with E-state index in [0.29, 0.717) is 0 Å². The molecule has 0 saturated carbocycles. The van der Waals surface area contributed by atoms with Gasteiger partial charge in [-0.25, -0.2) is 0 Å². The normalized spacial score (nSPS) is 11.7. The van der Waals surface area contributed by atoms with Crippen molar-refractivity contribution in [3.8, 4) is 100 Å². The van der Waals surface area contributed by atoms with Gasteiger partial charge in [0.05, 0.1) is 22.1 Å². The number of aromatic nitrogens is 2. The molecule has 24 aromatic rings. The van der Waals surface area contributed by atoms with Crippen LogP contribution in [0.1, 0.15) is 0 Å². The van der Waals surface area contributed by atoms with Crippen LogP contribution in [0.4, 0.5) is 34.1 Å². The highest BCUT2D eigenvalue weighted by atomic mass is 15.1. The monoisotopic (exact) mass is 1570 g/mol. The molecule has 24 rings (SSSR count). The second-order valence-corrected chi connectivity index (χ2v) is 32.6. The molecular formula is C120H78N4. The van der Waals surface area contributed by atoms with E-state index in [9.17, 15) is 0 Å². The molecule has 4 heteroatoms. The van der Waals surface area contributed by atoms with Crippen molar-refractivity contribution in [3.05, 3.63) is 473 Å². The van der Waals surface area contributed by atoms with E-state index in [4.69, 9.17) is 0 Å². The summed E-state index contributed by atoms with van der Waals surface area (Å²) < 4.78 is 4.85. The lowest BCUT2D eigenvalue weighted by molar-refractivity contribution is 1.26. The van der Waals surface area contributed by atoms with E-state index < -0.39 is 0 Å². The first-order valence-electron chi connectivity index (χ1n) is 42.7.